The zero-order valence-corrected chi connectivity index (χ0v) is 32.2. The molecule has 55 heavy (non-hydrogen) atoms. The molecule has 3 aromatic carbocycles. The van der Waals surface area contributed by atoms with Gasteiger partial charge < -0.3 is 40.2 Å². The van der Waals surface area contributed by atoms with Crippen LogP contribution >= 0.6 is 0 Å². The molecule has 0 bridgehead atoms. The first-order chi connectivity index (χ1) is 26.4. The highest BCUT2D eigenvalue weighted by Gasteiger charge is 2.37. The molecule has 3 atom stereocenters. The number of nitrogens with one attached hydrogen (secondary N) is 4. The van der Waals surface area contributed by atoms with Crippen LogP contribution in [0.3, 0.4) is 0 Å². The highest BCUT2D eigenvalue weighted by atomic mass is 16.5. The van der Waals surface area contributed by atoms with E-state index in [1.54, 1.807) is 16.0 Å². The standard InChI is InChI=1S/C41H50N8O6/c1-7-14-48(38(50)35(23(2)3)46-40(52)53)22-34-42-20-31(44-34)27-12-10-25-17-30-19-28(13-11-26(30)16-29(25)18-27)32-21-43-37(45-32)33-9-8-15-49(33)39(51)36(24(4)5)47-41(54)55-6/h10-13,16-21,23-24,33,35-36,46H,7-9,14-15,22H2,1-6H3,(H,42,44)(H,43,45)(H,47,54)(H,52,53)/t33-,35-,36-/m0/s1. The van der Waals surface area contributed by atoms with Gasteiger partial charge in [0, 0.05) is 24.2 Å². The summed E-state index contributed by atoms with van der Waals surface area (Å²) in [7, 11) is 1.29. The van der Waals surface area contributed by atoms with E-state index in [4.69, 9.17) is 9.72 Å². The van der Waals surface area contributed by atoms with Gasteiger partial charge in [0.1, 0.15) is 23.7 Å². The predicted molar refractivity (Wildman–Crippen MR) is 210 cm³/mol. The average Bonchev–Trinajstić information content (AvgIpc) is 3.95. The summed E-state index contributed by atoms with van der Waals surface area (Å²) in [6, 6.07) is 15.1. The van der Waals surface area contributed by atoms with E-state index in [1.165, 1.54) is 7.11 Å². The molecule has 1 fully saturated rings. The zero-order chi connectivity index (χ0) is 39.4. The summed E-state index contributed by atoms with van der Waals surface area (Å²) in [5.41, 5.74) is 3.60. The van der Waals surface area contributed by atoms with Crippen molar-refractivity contribution in [1.29, 1.82) is 0 Å². The number of ether oxygens (including phenoxy) is 1. The monoisotopic (exact) mass is 750 g/mol. The molecule has 1 saturated heterocycles. The maximum atomic E-state index is 13.6. The summed E-state index contributed by atoms with van der Waals surface area (Å²) in [5, 5.41) is 18.6. The van der Waals surface area contributed by atoms with Gasteiger partial charge in [-0.05, 0) is 76.9 Å². The molecule has 14 nitrogen and oxygen atoms in total. The van der Waals surface area contributed by atoms with E-state index in [0.29, 0.717) is 24.7 Å². The lowest BCUT2D eigenvalue weighted by molar-refractivity contribution is -0.136. The first-order valence-corrected chi connectivity index (χ1v) is 18.9. The number of H-pyrrole nitrogens is 2. The second-order valence-corrected chi connectivity index (χ2v) is 14.9. The first-order valence-electron chi connectivity index (χ1n) is 18.9. The van der Waals surface area contributed by atoms with Crippen LogP contribution in [0, 0.1) is 11.8 Å². The number of carbonyl (C=O) groups is 4. The number of imidazole rings is 2. The number of nitrogens with zero attached hydrogens (tertiary/aromatic N) is 4. The van der Waals surface area contributed by atoms with Gasteiger partial charge in [0.25, 0.3) is 0 Å². The third kappa shape index (κ3) is 8.58. The Labute approximate surface area is 320 Å². The van der Waals surface area contributed by atoms with Gasteiger partial charge in [-0.15, -0.1) is 0 Å². The van der Waals surface area contributed by atoms with Crippen LogP contribution in [0.1, 0.15) is 71.6 Å². The summed E-state index contributed by atoms with van der Waals surface area (Å²) >= 11 is 0. The number of hydrogen-bond donors (Lipinski definition) is 5. The molecule has 14 heteroatoms. The number of hydrogen-bond acceptors (Lipinski definition) is 7. The molecule has 0 spiro atoms. The van der Waals surface area contributed by atoms with Crippen LogP contribution in [0.15, 0.2) is 60.9 Å². The SMILES string of the molecule is CCCN(Cc1ncc(-c2ccc3cc4cc(-c5cnc([C@@H]6CCCN6C(=O)[C@@H](NC(=O)OC)C(C)C)[nH]5)ccc4cc3c2)[nH]1)C(=O)[C@@H](NC(=O)O)C(C)C. The summed E-state index contributed by atoms with van der Waals surface area (Å²) < 4.78 is 4.76. The van der Waals surface area contributed by atoms with Crippen molar-refractivity contribution in [1.82, 2.24) is 40.4 Å². The van der Waals surface area contributed by atoms with E-state index >= 15 is 0 Å². The molecular formula is C41H50N8O6. The Hall–Kier alpha value is -5.92. The Morgan fingerprint density at radius 3 is 2.07 bits per heavy atom. The first kappa shape index (κ1) is 38.8. The summed E-state index contributed by atoms with van der Waals surface area (Å²) in [4.78, 5) is 69.8. The quantitative estimate of drug-likeness (QED) is 0.0809. The van der Waals surface area contributed by atoms with Crippen molar-refractivity contribution in [3.05, 3.63) is 72.6 Å². The van der Waals surface area contributed by atoms with E-state index in [2.05, 4.69) is 68.1 Å². The number of aromatic nitrogens is 4. The van der Waals surface area contributed by atoms with Crippen LogP contribution in [0.2, 0.25) is 0 Å². The molecule has 0 radical (unpaired) electrons. The van der Waals surface area contributed by atoms with Crippen molar-refractivity contribution < 1.29 is 29.0 Å². The van der Waals surface area contributed by atoms with Gasteiger partial charge in [-0.1, -0.05) is 58.9 Å². The highest BCUT2D eigenvalue weighted by molar-refractivity contribution is 6.01. The van der Waals surface area contributed by atoms with E-state index < -0.39 is 24.3 Å². The topological polar surface area (TPSA) is 186 Å². The Balaban J connectivity index is 1.19. The number of aromatic amines is 2. The number of fused-ring (bicyclic) bond motifs is 2. The number of alkyl carbamates (subject to hydrolysis) is 1. The van der Waals surface area contributed by atoms with Gasteiger partial charge in [0.05, 0.1) is 43.5 Å². The molecule has 1 aliphatic rings. The molecule has 2 aromatic heterocycles. The van der Waals surface area contributed by atoms with Crippen molar-refractivity contribution in [2.75, 3.05) is 20.2 Å². The van der Waals surface area contributed by atoms with Crippen molar-refractivity contribution in [2.24, 2.45) is 11.8 Å². The molecule has 0 saturated carbocycles. The van der Waals surface area contributed by atoms with Crippen molar-refractivity contribution in [2.45, 2.75) is 78.6 Å². The maximum Gasteiger partial charge on any atom is 0.407 e. The number of rotatable bonds is 13. The summed E-state index contributed by atoms with van der Waals surface area (Å²) in [5.74, 6) is 0.596. The lowest BCUT2D eigenvalue weighted by Crippen LogP contribution is -2.51. The second kappa shape index (κ2) is 16.6. The van der Waals surface area contributed by atoms with Gasteiger partial charge >= 0.3 is 12.2 Å². The summed E-state index contributed by atoms with van der Waals surface area (Å²) in [6.07, 6.45) is 4.05. The van der Waals surface area contributed by atoms with E-state index in [9.17, 15) is 24.3 Å². The lowest BCUT2D eigenvalue weighted by atomic mass is 9.99. The molecule has 1 aliphatic heterocycles. The van der Waals surface area contributed by atoms with Crippen molar-refractivity contribution in [3.63, 3.8) is 0 Å². The van der Waals surface area contributed by atoms with Gasteiger partial charge in [-0.25, -0.2) is 19.6 Å². The van der Waals surface area contributed by atoms with E-state index in [-0.39, 0.29) is 36.2 Å². The number of amides is 4. The van der Waals surface area contributed by atoms with Gasteiger partial charge in [0.2, 0.25) is 11.8 Å². The smallest absolute Gasteiger partial charge is 0.407 e. The van der Waals surface area contributed by atoms with Gasteiger partial charge in [-0.3, -0.25) is 9.59 Å². The molecule has 4 amide bonds. The van der Waals surface area contributed by atoms with Crippen LogP contribution in [-0.2, 0) is 20.9 Å². The molecule has 0 unspecified atom stereocenters. The molecular weight excluding hydrogens is 701 g/mol. The van der Waals surface area contributed by atoms with Crippen LogP contribution in [0.25, 0.3) is 44.1 Å². The lowest BCUT2D eigenvalue weighted by Gasteiger charge is -2.30. The molecule has 3 heterocycles. The molecule has 0 aliphatic carbocycles. The third-order valence-electron chi connectivity index (χ3n) is 10.2. The number of methoxy groups -OCH3 is 1. The Bertz CT molecular complexity index is 2190. The number of carbonyl (C=O) groups excluding carboxylic acids is 3. The fraction of sp³-hybridized carbons (Fsp3) is 0.415. The predicted octanol–water partition coefficient (Wildman–Crippen LogP) is 6.85. The molecule has 5 N–H and O–H groups in total. The minimum Gasteiger partial charge on any atom is -0.465 e. The molecule has 290 valence electrons. The van der Waals surface area contributed by atoms with Crippen molar-refractivity contribution in [3.8, 4) is 22.5 Å². The van der Waals surface area contributed by atoms with Crippen LogP contribution in [-0.4, -0.2) is 91.1 Å². The third-order valence-corrected chi connectivity index (χ3v) is 10.2. The minimum atomic E-state index is -1.23. The molecule has 6 rings (SSSR count). The largest absolute Gasteiger partial charge is 0.465 e. The average molecular weight is 751 g/mol. The summed E-state index contributed by atoms with van der Waals surface area (Å²) in [6.45, 7) is 10.7. The van der Waals surface area contributed by atoms with E-state index in [1.807, 2.05) is 46.9 Å². The fourth-order valence-electron chi connectivity index (χ4n) is 7.33. The molecule has 5 aromatic rings. The Morgan fingerprint density at radius 1 is 0.873 bits per heavy atom. The minimum absolute atomic E-state index is 0.112. The number of benzene rings is 3. The number of likely N-dealkylation sites (tertiary alicyclic amines) is 1. The zero-order valence-electron chi connectivity index (χ0n) is 32.2. The Kier molecular flexibility index (Phi) is 11.7. The van der Waals surface area contributed by atoms with Crippen molar-refractivity contribution >= 4 is 45.5 Å². The highest BCUT2D eigenvalue weighted by Crippen LogP contribution is 2.34. The van der Waals surface area contributed by atoms with Crippen LogP contribution in [0.5, 0.6) is 0 Å². The van der Waals surface area contributed by atoms with Crippen LogP contribution < -0.4 is 10.6 Å². The van der Waals surface area contributed by atoms with Gasteiger partial charge in [-0.2, -0.15) is 0 Å². The fourth-order valence-corrected chi connectivity index (χ4v) is 7.33. The van der Waals surface area contributed by atoms with Crippen LogP contribution in [0.4, 0.5) is 9.59 Å². The Morgan fingerprint density at radius 2 is 1.49 bits per heavy atom. The second-order valence-electron chi connectivity index (χ2n) is 14.9. The normalized spacial score (nSPS) is 15.4. The number of carboxylic acid groups (broad SMARTS) is 1. The van der Waals surface area contributed by atoms with Gasteiger partial charge in [0.15, 0.2) is 0 Å². The maximum absolute atomic E-state index is 13.6. The van der Waals surface area contributed by atoms with E-state index in [0.717, 1.165) is 63.3 Å².